The standard InChI is InChI=1S/C16H17NO4/c1-10(21-2)15(18)17-14(16(19)20)13-8-7-11-5-3-4-6-12(11)9-13/h3-10,14H,1-2H3,(H,17,18)(H,19,20). The van der Waals surface area contributed by atoms with Crippen molar-refractivity contribution >= 4 is 22.6 Å². The molecule has 2 N–H and O–H groups in total. The van der Waals surface area contributed by atoms with Crippen LogP contribution in [0.4, 0.5) is 0 Å². The number of carboxylic acid groups (broad SMARTS) is 1. The van der Waals surface area contributed by atoms with Crippen molar-refractivity contribution in [2.75, 3.05) is 7.11 Å². The molecule has 0 bridgehead atoms. The molecule has 0 aliphatic heterocycles. The third-order valence-electron chi connectivity index (χ3n) is 3.36. The predicted octanol–water partition coefficient (Wildman–Crippen LogP) is 2.12. The number of fused-ring (bicyclic) bond motifs is 1. The van der Waals surface area contributed by atoms with Gasteiger partial charge >= 0.3 is 5.97 Å². The Hall–Kier alpha value is -2.40. The van der Waals surface area contributed by atoms with E-state index in [0.717, 1.165) is 10.8 Å². The Labute approximate surface area is 122 Å². The van der Waals surface area contributed by atoms with Gasteiger partial charge in [0.05, 0.1) is 0 Å². The van der Waals surface area contributed by atoms with Gasteiger partial charge in [0.15, 0.2) is 6.04 Å². The molecule has 2 atom stereocenters. The monoisotopic (exact) mass is 287 g/mol. The SMILES string of the molecule is COC(C)C(=O)NC(C(=O)O)c1ccc2ccccc2c1. The van der Waals surface area contributed by atoms with E-state index in [1.165, 1.54) is 7.11 Å². The minimum absolute atomic E-state index is 0.460. The highest BCUT2D eigenvalue weighted by Gasteiger charge is 2.24. The van der Waals surface area contributed by atoms with Crippen molar-refractivity contribution in [3.63, 3.8) is 0 Å². The van der Waals surface area contributed by atoms with E-state index in [0.29, 0.717) is 5.56 Å². The Kier molecular flexibility index (Phi) is 4.55. The number of hydrogen-bond acceptors (Lipinski definition) is 3. The third kappa shape index (κ3) is 3.38. The summed E-state index contributed by atoms with van der Waals surface area (Å²) in [7, 11) is 1.40. The first kappa shape index (κ1) is 15.0. The summed E-state index contributed by atoms with van der Waals surface area (Å²) in [6, 6.07) is 11.9. The van der Waals surface area contributed by atoms with Crippen molar-refractivity contribution in [2.24, 2.45) is 0 Å². The molecule has 0 spiro atoms. The third-order valence-corrected chi connectivity index (χ3v) is 3.36. The lowest BCUT2D eigenvalue weighted by Gasteiger charge is -2.18. The van der Waals surface area contributed by atoms with Crippen LogP contribution in [0.1, 0.15) is 18.5 Å². The molecule has 2 aromatic carbocycles. The molecule has 0 aliphatic carbocycles. The molecule has 2 rings (SSSR count). The average molecular weight is 287 g/mol. The maximum Gasteiger partial charge on any atom is 0.330 e. The number of aliphatic carboxylic acids is 1. The Morgan fingerprint density at radius 3 is 2.43 bits per heavy atom. The highest BCUT2D eigenvalue weighted by atomic mass is 16.5. The number of carboxylic acids is 1. The van der Waals surface area contributed by atoms with Gasteiger partial charge < -0.3 is 15.2 Å². The first-order valence-electron chi connectivity index (χ1n) is 6.57. The molecule has 5 nitrogen and oxygen atoms in total. The number of carbonyl (C=O) groups is 2. The second-order valence-electron chi connectivity index (χ2n) is 4.76. The highest BCUT2D eigenvalue weighted by Crippen LogP contribution is 2.21. The molecule has 5 heteroatoms. The summed E-state index contributed by atoms with van der Waals surface area (Å²) in [6.07, 6.45) is -0.702. The molecule has 0 heterocycles. The van der Waals surface area contributed by atoms with Crippen LogP contribution in [0, 0.1) is 0 Å². The lowest BCUT2D eigenvalue weighted by Crippen LogP contribution is -2.39. The van der Waals surface area contributed by atoms with Crippen molar-refractivity contribution in [2.45, 2.75) is 19.1 Å². The summed E-state index contributed by atoms with van der Waals surface area (Å²) in [5, 5.41) is 13.8. The zero-order valence-corrected chi connectivity index (χ0v) is 11.9. The summed E-state index contributed by atoms with van der Waals surface area (Å²) < 4.78 is 4.89. The summed E-state index contributed by atoms with van der Waals surface area (Å²) >= 11 is 0. The van der Waals surface area contributed by atoms with E-state index in [1.807, 2.05) is 30.3 Å². The van der Waals surface area contributed by atoms with Gasteiger partial charge in [-0.05, 0) is 29.3 Å². The van der Waals surface area contributed by atoms with Crippen LogP contribution in [-0.2, 0) is 14.3 Å². The van der Waals surface area contributed by atoms with Crippen molar-refractivity contribution in [3.05, 3.63) is 48.0 Å². The number of ether oxygens (including phenoxy) is 1. The zero-order chi connectivity index (χ0) is 15.4. The fraction of sp³-hybridized carbons (Fsp3) is 0.250. The molecule has 0 aliphatic rings. The Morgan fingerprint density at radius 2 is 1.81 bits per heavy atom. The van der Waals surface area contributed by atoms with Gasteiger partial charge in [-0.3, -0.25) is 4.79 Å². The molecule has 2 aromatic rings. The second-order valence-corrected chi connectivity index (χ2v) is 4.76. The quantitative estimate of drug-likeness (QED) is 0.883. The van der Waals surface area contributed by atoms with Crippen molar-refractivity contribution in [3.8, 4) is 0 Å². The fourth-order valence-corrected chi connectivity index (χ4v) is 2.04. The molecule has 0 saturated carbocycles. The number of methoxy groups -OCH3 is 1. The lowest BCUT2D eigenvalue weighted by atomic mass is 10.0. The van der Waals surface area contributed by atoms with Crippen LogP contribution in [0.5, 0.6) is 0 Å². The van der Waals surface area contributed by atoms with Gasteiger partial charge in [-0.15, -0.1) is 0 Å². The molecule has 110 valence electrons. The smallest absolute Gasteiger partial charge is 0.330 e. The van der Waals surface area contributed by atoms with Crippen LogP contribution in [0.2, 0.25) is 0 Å². The van der Waals surface area contributed by atoms with Crippen LogP contribution in [0.15, 0.2) is 42.5 Å². The summed E-state index contributed by atoms with van der Waals surface area (Å²) in [4.78, 5) is 23.3. The number of amides is 1. The van der Waals surface area contributed by atoms with Crippen molar-refractivity contribution in [1.29, 1.82) is 0 Å². The van der Waals surface area contributed by atoms with Gasteiger partial charge in [-0.2, -0.15) is 0 Å². The van der Waals surface area contributed by atoms with Crippen LogP contribution < -0.4 is 5.32 Å². The minimum Gasteiger partial charge on any atom is -0.479 e. The number of benzene rings is 2. The summed E-state index contributed by atoms with van der Waals surface area (Å²) in [5.41, 5.74) is 0.526. The van der Waals surface area contributed by atoms with E-state index in [9.17, 15) is 14.7 Å². The first-order chi connectivity index (χ1) is 10.0. The maximum atomic E-state index is 11.8. The number of hydrogen-bond donors (Lipinski definition) is 2. The van der Waals surface area contributed by atoms with Gasteiger partial charge in [0, 0.05) is 7.11 Å². The van der Waals surface area contributed by atoms with Gasteiger partial charge in [0.2, 0.25) is 5.91 Å². The predicted molar refractivity (Wildman–Crippen MR) is 78.9 cm³/mol. The Bertz CT molecular complexity index is 668. The van der Waals surface area contributed by atoms with E-state index in [4.69, 9.17) is 4.74 Å². The number of rotatable bonds is 5. The molecule has 0 aromatic heterocycles. The first-order valence-corrected chi connectivity index (χ1v) is 6.57. The molecule has 0 fully saturated rings. The van der Waals surface area contributed by atoms with E-state index < -0.39 is 24.0 Å². The normalized spacial score (nSPS) is 13.6. The number of nitrogens with one attached hydrogen (secondary N) is 1. The van der Waals surface area contributed by atoms with Gasteiger partial charge in [-0.25, -0.2) is 4.79 Å². The fourth-order valence-electron chi connectivity index (χ4n) is 2.04. The van der Waals surface area contributed by atoms with Gasteiger partial charge in [0.25, 0.3) is 0 Å². The minimum atomic E-state index is -1.11. The van der Waals surface area contributed by atoms with Crippen molar-refractivity contribution in [1.82, 2.24) is 5.32 Å². The van der Waals surface area contributed by atoms with Crippen LogP contribution >= 0.6 is 0 Å². The van der Waals surface area contributed by atoms with E-state index in [2.05, 4.69) is 5.32 Å². The van der Waals surface area contributed by atoms with Crippen LogP contribution in [0.3, 0.4) is 0 Å². The highest BCUT2D eigenvalue weighted by molar-refractivity contribution is 5.89. The summed E-state index contributed by atoms with van der Waals surface area (Å²) in [6.45, 7) is 1.56. The lowest BCUT2D eigenvalue weighted by molar-refractivity contribution is -0.143. The van der Waals surface area contributed by atoms with Crippen LogP contribution in [0.25, 0.3) is 10.8 Å². The molecule has 0 radical (unpaired) electrons. The largest absolute Gasteiger partial charge is 0.479 e. The Balaban J connectivity index is 2.32. The Morgan fingerprint density at radius 1 is 1.14 bits per heavy atom. The summed E-state index contributed by atoms with van der Waals surface area (Å²) in [5.74, 6) is -1.57. The number of carbonyl (C=O) groups excluding carboxylic acids is 1. The van der Waals surface area contributed by atoms with E-state index in [-0.39, 0.29) is 0 Å². The molecule has 1 amide bonds. The molecule has 0 saturated heterocycles. The van der Waals surface area contributed by atoms with Crippen LogP contribution in [-0.4, -0.2) is 30.2 Å². The second kappa shape index (κ2) is 6.37. The molecule has 2 unspecified atom stereocenters. The van der Waals surface area contributed by atoms with E-state index in [1.54, 1.807) is 19.1 Å². The van der Waals surface area contributed by atoms with Gasteiger partial charge in [0.1, 0.15) is 6.10 Å². The maximum absolute atomic E-state index is 11.8. The van der Waals surface area contributed by atoms with E-state index >= 15 is 0 Å². The molecular weight excluding hydrogens is 270 g/mol. The molecule has 21 heavy (non-hydrogen) atoms. The average Bonchev–Trinajstić information content (AvgIpc) is 2.50. The zero-order valence-electron chi connectivity index (χ0n) is 11.9. The topological polar surface area (TPSA) is 75.6 Å². The molecular formula is C16H17NO4. The van der Waals surface area contributed by atoms with Gasteiger partial charge in [-0.1, -0.05) is 36.4 Å². The van der Waals surface area contributed by atoms with Crippen molar-refractivity contribution < 1.29 is 19.4 Å².